The second-order valence-corrected chi connectivity index (χ2v) is 12.1. The van der Waals surface area contributed by atoms with Crippen molar-refractivity contribution in [1.82, 2.24) is 16.0 Å². The summed E-state index contributed by atoms with van der Waals surface area (Å²) in [4.78, 5) is 5.12. The molecule has 2 unspecified atom stereocenters. The van der Waals surface area contributed by atoms with Crippen LogP contribution in [0.1, 0.15) is 45.9 Å². The maximum atomic E-state index is 6.25. The van der Waals surface area contributed by atoms with Crippen molar-refractivity contribution in [2.75, 3.05) is 0 Å². The summed E-state index contributed by atoms with van der Waals surface area (Å²) in [7, 11) is 0. The molecule has 0 spiro atoms. The van der Waals surface area contributed by atoms with Crippen LogP contribution in [0.3, 0.4) is 0 Å². The molecule has 0 saturated carbocycles. The van der Waals surface area contributed by atoms with Gasteiger partial charge in [0, 0.05) is 28.3 Å². The molecule has 0 amide bonds. The molecule has 0 radical (unpaired) electrons. The Labute approximate surface area is 273 Å². The Kier molecular flexibility index (Phi) is 6.69. The van der Waals surface area contributed by atoms with Crippen LogP contribution in [0.4, 0.5) is 0 Å². The van der Waals surface area contributed by atoms with Gasteiger partial charge in [-0.2, -0.15) is 0 Å². The second-order valence-electron chi connectivity index (χ2n) is 12.1. The van der Waals surface area contributed by atoms with Crippen LogP contribution in [0, 0.1) is 0 Å². The minimum absolute atomic E-state index is 0.0680. The fraction of sp³-hybridized carbons (Fsp3) is 0.0714. The number of para-hydroxylation sites is 1. The number of amidine groups is 1. The van der Waals surface area contributed by atoms with Gasteiger partial charge in [-0.05, 0) is 44.7 Å². The van der Waals surface area contributed by atoms with Crippen molar-refractivity contribution < 1.29 is 4.42 Å². The van der Waals surface area contributed by atoms with Crippen molar-refractivity contribution in [3.8, 4) is 11.1 Å². The average Bonchev–Trinajstić information content (AvgIpc) is 3.54. The fourth-order valence-electron chi connectivity index (χ4n) is 6.97. The zero-order valence-corrected chi connectivity index (χ0v) is 25.7. The molecule has 0 aliphatic carbocycles. The molecule has 9 rings (SSSR count). The Balaban J connectivity index is 1.08. The molecule has 5 heteroatoms. The van der Waals surface area contributed by atoms with E-state index < -0.39 is 0 Å². The predicted octanol–water partition coefficient (Wildman–Crippen LogP) is 9.08. The molecule has 3 N–H and O–H groups in total. The lowest BCUT2D eigenvalue weighted by atomic mass is 9.88. The first-order chi connectivity index (χ1) is 23.3. The van der Waals surface area contributed by atoms with Gasteiger partial charge >= 0.3 is 0 Å². The van der Waals surface area contributed by atoms with E-state index in [1.54, 1.807) is 0 Å². The fourth-order valence-corrected chi connectivity index (χ4v) is 6.97. The minimum atomic E-state index is -0.162. The molecular formula is C42H32N4O. The van der Waals surface area contributed by atoms with Gasteiger partial charge in [-0.3, -0.25) is 5.32 Å². The molecular weight excluding hydrogens is 576 g/mol. The number of furan rings is 1. The average molecular weight is 609 g/mol. The third-order valence-electron chi connectivity index (χ3n) is 9.24. The van der Waals surface area contributed by atoms with Crippen molar-refractivity contribution in [2.24, 2.45) is 4.99 Å². The number of nitrogens with one attached hydrogen (secondary N) is 3. The molecule has 0 bridgehead atoms. The van der Waals surface area contributed by atoms with Crippen molar-refractivity contribution >= 4 is 33.2 Å². The molecule has 2 atom stereocenters. The lowest BCUT2D eigenvalue weighted by molar-refractivity contribution is 0.409. The van der Waals surface area contributed by atoms with Crippen molar-refractivity contribution in [1.29, 1.82) is 0 Å². The highest BCUT2D eigenvalue weighted by atomic mass is 16.3. The summed E-state index contributed by atoms with van der Waals surface area (Å²) in [5.74, 6) is 1.85. The third kappa shape index (κ3) is 4.89. The second kappa shape index (κ2) is 11.5. The first kappa shape index (κ1) is 27.4. The van der Waals surface area contributed by atoms with E-state index in [1.807, 2.05) is 24.3 Å². The van der Waals surface area contributed by atoms with Crippen molar-refractivity contribution in [2.45, 2.75) is 18.9 Å². The highest BCUT2D eigenvalue weighted by Gasteiger charge is 2.26. The van der Waals surface area contributed by atoms with Crippen molar-refractivity contribution in [3.63, 3.8) is 0 Å². The number of benzene rings is 6. The molecule has 5 nitrogen and oxygen atoms in total. The number of hydrogen-bond donors (Lipinski definition) is 3. The summed E-state index contributed by atoms with van der Waals surface area (Å²) >= 11 is 0. The quantitative estimate of drug-likeness (QED) is 0.182. The Hall–Kier alpha value is -5.91. The maximum Gasteiger partial charge on any atom is 0.135 e. The van der Waals surface area contributed by atoms with Gasteiger partial charge in [-0.1, -0.05) is 140 Å². The first-order valence-corrected chi connectivity index (χ1v) is 16.1. The highest BCUT2D eigenvalue weighted by Crippen LogP contribution is 2.41. The number of aliphatic imine (C=N–C) groups is 1. The van der Waals surface area contributed by atoms with Gasteiger partial charge in [0.15, 0.2) is 0 Å². The Morgan fingerprint density at radius 3 is 1.96 bits per heavy atom. The molecule has 47 heavy (non-hydrogen) atoms. The van der Waals surface area contributed by atoms with Crippen LogP contribution in [0.15, 0.2) is 161 Å². The molecule has 6 aromatic carbocycles. The lowest BCUT2D eigenvalue weighted by Gasteiger charge is -2.32. The Morgan fingerprint density at radius 1 is 0.574 bits per heavy atom. The largest absolute Gasteiger partial charge is 0.459 e. The van der Waals surface area contributed by atoms with E-state index in [2.05, 4.69) is 143 Å². The topological polar surface area (TPSA) is 61.6 Å². The first-order valence-electron chi connectivity index (χ1n) is 16.1. The number of hydrogen-bond acceptors (Lipinski definition) is 5. The van der Waals surface area contributed by atoms with Gasteiger partial charge in [0.2, 0.25) is 0 Å². The lowest BCUT2D eigenvalue weighted by Crippen LogP contribution is -2.44. The number of nitrogens with zero attached hydrogens (tertiary/aromatic N) is 1. The molecule has 226 valence electrons. The summed E-state index contributed by atoms with van der Waals surface area (Å²) in [6, 6.07) is 51.2. The number of rotatable bonds is 5. The monoisotopic (exact) mass is 608 g/mol. The Bertz CT molecular complexity index is 2300. The molecule has 2 aliphatic rings. The van der Waals surface area contributed by atoms with Gasteiger partial charge in [-0.15, -0.1) is 0 Å². The van der Waals surface area contributed by atoms with Crippen LogP contribution in [0.5, 0.6) is 0 Å². The summed E-state index contributed by atoms with van der Waals surface area (Å²) in [5.41, 5.74) is 10.2. The standard InChI is InChI=1S/C42H32N4O/c1-3-11-28(12-4-1)40-44-41(29-13-5-2-6-14-29)46-42(45-40)30-21-19-27(20-22-30)31-23-24-34(33-16-8-7-15-32(31)33)36-25-43-26-38-39(36)35-17-9-10-18-37(35)47-38/h1-25,40-41,43-44H,26H2,(H,45,46). The van der Waals surface area contributed by atoms with E-state index in [-0.39, 0.29) is 12.3 Å². The predicted molar refractivity (Wildman–Crippen MR) is 191 cm³/mol. The van der Waals surface area contributed by atoms with Crippen LogP contribution in [-0.2, 0) is 6.54 Å². The van der Waals surface area contributed by atoms with E-state index in [4.69, 9.17) is 9.41 Å². The molecule has 2 aliphatic heterocycles. The van der Waals surface area contributed by atoms with E-state index in [1.165, 1.54) is 33.0 Å². The molecule has 3 heterocycles. The van der Waals surface area contributed by atoms with Crippen LogP contribution >= 0.6 is 0 Å². The summed E-state index contributed by atoms with van der Waals surface area (Å²) in [6.45, 7) is 0.685. The molecule has 0 saturated heterocycles. The van der Waals surface area contributed by atoms with E-state index in [0.717, 1.165) is 44.8 Å². The third-order valence-corrected chi connectivity index (χ3v) is 9.24. The van der Waals surface area contributed by atoms with Crippen LogP contribution < -0.4 is 16.0 Å². The summed E-state index contributed by atoms with van der Waals surface area (Å²) in [5, 5.41) is 14.4. The van der Waals surface area contributed by atoms with E-state index in [9.17, 15) is 0 Å². The van der Waals surface area contributed by atoms with Crippen LogP contribution in [-0.4, -0.2) is 5.84 Å². The smallest absolute Gasteiger partial charge is 0.135 e. The molecule has 0 fully saturated rings. The van der Waals surface area contributed by atoms with Gasteiger partial charge in [0.25, 0.3) is 0 Å². The maximum absolute atomic E-state index is 6.25. The van der Waals surface area contributed by atoms with Crippen LogP contribution in [0.25, 0.3) is 38.4 Å². The van der Waals surface area contributed by atoms with Crippen LogP contribution in [0.2, 0.25) is 0 Å². The van der Waals surface area contributed by atoms with Gasteiger partial charge in [-0.25, -0.2) is 4.99 Å². The Morgan fingerprint density at radius 2 is 1.19 bits per heavy atom. The SMILES string of the molecule is C1=C(c2ccc(-c3ccc(C4=NC(c5ccccc5)NC(c5ccccc5)N4)cc3)c3ccccc23)c2c(oc3ccccc23)CN1. The normalized spacial score (nSPS) is 17.4. The van der Waals surface area contributed by atoms with Gasteiger partial charge in [0.1, 0.15) is 29.5 Å². The minimum Gasteiger partial charge on any atom is -0.459 e. The zero-order valence-electron chi connectivity index (χ0n) is 25.7. The molecule has 7 aromatic rings. The number of fused-ring (bicyclic) bond motifs is 4. The van der Waals surface area contributed by atoms with E-state index in [0.29, 0.717) is 6.54 Å². The van der Waals surface area contributed by atoms with Gasteiger partial charge in [0.05, 0.1) is 6.54 Å². The van der Waals surface area contributed by atoms with Gasteiger partial charge < -0.3 is 15.1 Å². The summed E-state index contributed by atoms with van der Waals surface area (Å²) < 4.78 is 6.25. The zero-order chi connectivity index (χ0) is 31.2. The molecule has 1 aromatic heterocycles. The highest BCUT2D eigenvalue weighted by molar-refractivity contribution is 6.08. The summed E-state index contributed by atoms with van der Waals surface area (Å²) in [6.07, 6.45) is 1.91. The van der Waals surface area contributed by atoms with E-state index >= 15 is 0 Å². The van der Waals surface area contributed by atoms with Crippen molar-refractivity contribution in [3.05, 3.63) is 185 Å².